The van der Waals surface area contributed by atoms with Gasteiger partial charge < -0.3 is 19.4 Å². The Balaban J connectivity index is 1.50. The van der Waals surface area contributed by atoms with Gasteiger partial charge in [0.15, 0.2) is 5.78 Å². The van der Waals surface area contributed by atoms with Crippen LogP contribution >= 0.6 is 0 Å². The molecule has 5 rings (SSSR count). The molecule has 33 heavy (non-hydrogen) atoms. The van der Waals surface area contributed by atoms with Crippen LogP contribution in [0.2, 0.25) is 0 Å². The monoisotopic (exact) mass is 458 g/mol. The van der Waals surface area contributed by atoms with Gasteiger partial charge in [-0.1, -0.05) is 6.92 Å². The van der Waals surface area contributed by atoms with Crippen molar-refractivity contribution in [2.45, 2.75) is 89.4 Å². The van der Waals surface area contributed by atoms with Gasteiger partial charge in [-0.3, -0.25) is 9.59 Å². The zero-order chi connectivity index (χ0) is 23.8. The van der Waals surface area contributed by atoms with E-state index in [1.54, 1.807) is 13.0 Å². The van der Waals surface area contributed by atoms with Crippen LogP contribution in [0.1, 0.15) is 77.2 Å². The minimum atomic E-state index is -1.23. The van der Waals surface area contributed by atoms with Crippen LogP contribution in [0.4, 0.5) is 0 Å². The van der Waals surface area contributed by atoms with E-state index in [2.05, 4.69) is 6.92 Å². The number of esters is 1. The van der Waals surface area contributed by atoms with Gasteiger partial charge in [0.25, 0.3) is 0 Å². The van der Waals surface area contributed by atoms with Crippen molar-refractivity contribution in [1.29, 1.82) is 0 Å². The number of hydrogen-bond donors (Lipinski definition) is 2. The number of carbonyl (C=O) groups is 2. The van der Waals surface area contributed by atoms with Crippen LogP contribution in [0.3, 0.4) is 0 Å². The van der Waals surface area contributed by atoms with Gasteiger partial charge in [0.2, 0.25) is 0 Å². The van der Waals surface area contributed by atoms with Crippen LogP contribution in [0.15, 0.2) is 27.6 Å². The first kappa shape index (κ1) is 22.8. The number of hydrogen-bond acceptors (Lipinski definition) is 7. The third-order valence-electron chi connectivity index (χ3n) is 10.1. The van der Waals surface area contributed by atoms with Gasteiger partial charge in [-0.05, 0) is 80.8 Å². The lowest BCUT2D eigenvalue weighted by atomic mass is 9.42. The molecule has 4 fully saturated rings. The summed E-state index contributed by atoms with van der Waals surface area (Å²) in [6.07, 6.45) is 4.98. The van der Waals surface area contributed by atoms with Gasteiger partial charge in [-0.25, -0.2) is 4.79 Å². The molecule has 4 aliphatic carbocycles. The Morgan fingerprint density at radius 1 is 1.12 bits per heavy atom. The van der Waals surface area contributed by atoms with Gasteiger partial charge in [-0.15, -0.1) is 0 Å². The number of rotatable bonds is 2. The normalized spacial score (nSPS) is 46.8. The summed E-state index contributed by atoms with van der Waals surface area (Å²) >= 11 is 0. The van der Waals surface area contributed by atoms with Gasteiger partial charge in [0.1, 0.15) is 12.2 Å². The third kappa shape index (κ3) is 3.04. The van der Waals surface area contributed by atoms with Crippen molar-refractivity contribution in [3.05, 3.63) is 34.4 Å². The van der Waals surface area contributed by atoms with Crippen molar-refractivity contribution >= 4 is 11.8 Å². The highest BCUT2D eigenvalue weighted by molar-refractivity contribution is 5.93. The van der Waals surface area contributed by atoms with Gasteiger partial charge in [-0.2, -0.15) is 0 Å². The lowest BCUT2D eigenvalue weighted by molar-refractivity contribution is -0.229. The number of Topliss-reactive ketones (excluding diaryl/α,β-unsaturated/α-hetero) is 1. The maximum absolute atomic E-state index is 13.9. The fraction of sp³-hybridized carbons (Fsp3) is 0.731. The average molecular weight is 459 g/mol. The summed E-state index contributed by atoms with van der Waals surface area (Å²) in [6.45, 7) is 5.38. The summed E-state index contributed by atoms with van der Waals surface area (Å²) in [7, 11) is 0. The molecule has 2 N–H and O–H groups in total. The van der Waals surface area contributed by atoms with Crippen molar-refractivity contribution < 1.29 is 29.0 Å². The quantitative estimate of drug-likeness (QED) is 0.655. The largest absolute Gasteiger partial charge is 0.463 e. The Morgan fingerprint density at radius 3 is 2.55 bits per heavy atom. The maximum Gasteiger partial charge on any atom is 0.335 e. The molecule has 0 bridgehead atoms. The molecular weight excluding hydrogens is 424 g/mol. The minimum absolute atomic E-state index is 0.120. The number of aliphatic hydroxyl groups excluding tert-OH is 1. The predicted molar refractivity (Wildman–Crippen MR) is 118 cm³/mol. The Morgan fingerprint density at radius 2 is 1.88 bits per heavy atom. The first-order valence-electron chi connectivity index (χ1n) is 12.2. The molecule has 1 heterocycles. The molecule has 9 atom stereocenters. The molecule has 4 saturated carbocycles. The maximum atomic E-state index is 13.9. The second kappa shape index (κ2) is 7.51. The van der Waals surface area contributed by atoms with E-state index in [9.17, 15) is 24.6 Å². The molecule has 0 aliphatic heterocycles. The fourth-order valence-corrected chi connectivity index (χ4v) is 8.45. The highest BCUT2D eigenvalue weighted by Gasteiger charge is 2.73. The first-order chi connectivity index (χ1) is 15.5. The van der Waals surface area contributed by atoms with Crippen molar-refractivity contribution in [2.24, 2.45) is 28.6 Å². The predicted octanol–water partition coefficient (Wildman–Crippen LogP) is 2.96. The van der Waals surface area contributed by atoms with Crippen LogP contribution in [0.25, 0.3) is 0 Å². The third-order valence-corrected chi connectivity index (χ3v) is 10.1. The molecular formula is C26H34O7. The zero-order valence-electron chi connectivity index (χ0n) is 19.6. The van der Waals surface area contributed by atoms with Crippen molar-refractivity contribution in [3.63, 3.8) is 0 Å². The molecule has 0 amide bonds. The van der Waals surface area contributed by atoms with E-state index in [0.29, 0.717) is 24.8 Å². The molecule has 0 radical (unpaired) electrons. The molecule has 7 heteroatoms. The van der Waals surface area contributed by atoms with Crippen molar-refractivity contribution in [2.75, 3.05) is 0 Å². The SMILES string of the molecule is CC(=O)OC1CCC2(C)C(CCC3C2C(O)C(=O)C2(C)C(c4ccc(=O)oc4)CCC32O)C1. The summed E-state index contributed by atoms with van der Waals surface area (Å²) in [5, 5.41) is 23.7. The minimum Gasteiger partial charge on any atom is -0.463 e. The van der Waals surface area contributed by atoms with E-state index in [1.807, 2.05) is 0 Å². The molecule has 180 valence electrons. The molecule has 0 spiro atoms. The highest BCUT2D eigenvalue weighted by Crippen LogP contribution is 2.69. The van der Waals surface area contributed by atoms with E-state index in [1.165, 1.54) is 19.3 Å². The summed E-state index contributed by atoms with van der Waals surface area (Å²) in [6, 6.07) is 3.02. The van der Waals surface area contributed by atoms with Crippen molar-refractivity contribution in [1.82, 2.24) is 0 Å². The van der Waals surface area contributed by atoms with Crippen LogP contribution in [-0.2, 0) is 14.3 Å². The van der Waals surface area contributed by atoms with Gasteiger partial charge in [0.05, 0.1) is 17.3 Å². The molecule has 9 unspecified atom stereocenters. The van der Waals surface area contributed by atoms with E-state index in [4.69, 9.17) is 9.15 Å². The Labute approximate surface area is 193 Å². The number of fused-ring (bicyclic) bond motifs is 5. The summed E-state index contributed by atoms with van der Waals surface area (Å²) in [4.78, 5) is 36.8. The second-order valence-electron chi connectivity index (χ2n) is 11.3. The van der Waals surface area contributed by atoms with Crippen LogP contribution in [-0.4, -0.2) is 39.8 Å². The molecule has 7 nitrogen and oxygen atoms in total. The molecule has 0 saturated heterocycles. The van der Waals surface area contributed by atoms with Gasteiger partial charge >= 0.3 is 11.6 Å². The summed E-state index contributed by atoms with van der Waals surface area (Å²) < 4.78 is 10.6. The highest BCUT2D eigenvalue weighted by atomic mass is 16.5. The van der Waals surface area contributed by atoms with Gasteiger partial charge in [0, 0.05) is 24.8 Å². The van der Waals surface area contributed by atoms with E-state index < -0.39 is 22.7 Å². The smallest absolute Gasteiger partial charge is 0.335 e. The molecule has 0 aromatic carbocycles. The van der Waals surface area contributed by atoms with E-state index >= 15 is 0 Å². The van der Waals surface area contributed by atoms with Crippen LogP contribution in [0, 0.1) is 28.6 Å². The standard InChI is InChI=1S/C26H34O7/c1-14(27)33-17-8-10-24(2)16(12-17)5-6-19-21(24)22(29)23(30)25(3)18(9-11-26(19,25)31)15-4-7-20(28)32-13-15/h4,7,13,16-19,21-22,29,31H,5-6,8-12H2,1-3H3. The number of ether oxygens (including phenoxy) is 1. The van der Waals surface area contributed by atoms with Crippen molar-refractivity contribution in [3.8, 4) is 0 Å². The summed E-state index contributed by atoms with van der Waals surface area (Å²) in [5.74, 6) is -1.18. The number of carbonyl (C=O) groups excluding carboxylic acids is 2. The Bertz CT molecular complexity index is 1010. The Hall–Kier alpha value is -1.99. The number of aliphatic hydroxyl groups is 2. The lowest BCUT2D eigenvalue weighted by Gasteiger charge is -2.64. The molecule has 1 aromatic heterocycles. The zero-order valence-corrected chi connectivity index (χ0v) is 19.6. The fourth-order valence-electron chi connectivity index (χ4n) is 8.45. The Kier molecular flexibility index (Phi) is 5.18. The summed E-state index contributed by atoms with van der Waals surface area (Å²) in [5.41, 5.74) is -2.42. The lowest BCUT2D eigenvalue weighted by Crippen LogP contribution is -2.70. The van der Waals surface area contributed by atoms with Crippen LogP contribution in [0.5, 0.6) is 0 Å². The average Bonchev–Trinajstić information content (AvgIpc) is 3.05. The molecule has 4 aliphatic rings. The second-order valence-corrected chi connectivity index (χ2v) is 11.3. The van der Waals surface area contributed by atoms with Crippen LogP contribution < -0.4 is 5.63 Å². The first-order valence-corrected chi connectivity index (χ1v) is 12.2. The topological polar surface area (TPSA) is 114 Å². The van der Waals surface area contributed by atoms with E-state index in [-0.39, 0.29) is 46.9 Å². The molecule has 1 aromatic rings. The number of ketones is 1. The van der Waals surface area contributed by atoms with E-state index in [0.717, 1.165) is 25.7 Å².